The molecule has 30 heavy (non-hydrogen) atoms. The van der Waals surface area contributed by atoms with Crippen LogP contribution in [0.15, 0.2) is 79.3 Å². The summed E-state index contributed by atoms with van der Waals surface area (Å²) in [6.07, 6.45) is 6.63. The topological polar surface area (TPSA) is 49.0 Å². The number of hydrogen-bond acceptors (Lipinski definition) is 2. The normalized spacial score (nSPS) is 16.3. The number of hydrogen-bond donors (Lipinski definition) is 1. The molecular formula is C26H25N3O. The Balaban J connectivity index is 1.42. The molecule has 0 bridgehead atoms. The van der Waals surface area contributed by atoms with E-state index < -0.39 is 0 Å². The lowest BCUT2D eigenvalue weighted by Gasteiger charge is -2.22. The van der Waals surface area contributed by atoms with E-state index in [1.807, 2.05) is 41.4 Å². The molecule has 1 aromatic heterocycles. The summed E-state index contributed by atoms with van der Waals surface area (Å²) in [4.78, 5) is 22.9. The first-order valence-corrected chi connectivity index (χ1v) is 10.6. The second-order valence-electron chi connectivity index (χ2n) is 8.05. The second-order valence-corrected chi connectivity index (χ2v) is 8.05. The largest absolute Gasteiger partial charge is 0.348 e. The highest BCUT2D eigenvalue weighted by Gasteiger charge is 2.26. The summed E-state index contributed by atoms with van der Waals surface area (Å²) in [5, 5.41) is 2.13. The van der Waals surface area contributed by atoms with Crippen molar-refractivity contribution in [2.75, 3.05) is 6.54 Å². The van der Waals surface area contributed by atoms with Gasteiger partial charge >= 0.3 is 0 Å². The van der Waals surface area contributed by atoms with E-state index >= 15 is 0 Å². The van der Waals surface area contributed by atoms with Crippen LogP contribution in [-0.2, 0) is 13.0 Å². The molecule has 2 heterocycles. The summed E-state index contributed by atoms with van der Waals surface area (Å²) >= 11 is 0. The number of benzene rings is 3. The van der Waals surface area contributed by atoms with Crippen molar-refractivity contribution in [2.45, 2.75) is 31.7 Å². The third-order valence-electron chi connectivity index (χ3n) is 6.23. The maximum atomic E-state index is 13.5. The zero-order valence-electron chi connectivity index (χ0n) is 16.9. The van der Waals surface area contributed by atoms with Crippen LogP contribution < -0.4 is 0 Å². The number of nitrogens with zero attached hydrogens (tertiary/aromatic N) is 2. The first-order chi connectivity index (χ1) is 14.8. The number of fused-ring (bicyclic) bond motifs is 2. The Morgan fingerprint density at radius 1 is 1.03 bits per heavy atom. The predicted octanol–water partition coefficient (Wildman–Crippen LogP) is 5.33. The van der Waals surface area contributed by atoms with Gasteiger partial charge in [-0.05, 0) is 53.1 Å². The molecule has 4 heteroatoms. The Kier molecular flexibility index (Phi) is 5.06. The molecule has 1 atom stereocenters. The number of carbonyl (C=O) groups is 1. The van der Waals surface area contributed by atoms with Gasteiger partial charge in [0.1, 0.15) is 0 Å². The Morgan fingerprint density at radius 2 is 1.87 bits per heavy atom. The van der Waals surface area contributed by atoms with Crippen molar-refractivity contribution in [3.05, 3.63) is 102 Å². The molecule has 1 aliphatic heterocycles. The highest BCUT2D eigenvalue weighted by molar-refractivity contribution is 6.07. The zero-order chi connectivity index (χ0) is 20.3. The van der Waals surface area contributed by atoms with Gasteiger partial charge < -0.3 is 9.88 Å². The quantitative estimate of drug-likeness (QED) is 0.508. The Hall–Kier alpha value is -3.40. The van der Waals surface area contributed by atoms with E-state index in [1.165, 1.54) is 16.8 Å². The van der Waals surface area contributed by atoms with Crippen LogP contribution in [0.3, 0.4) is 0 Å². The number of carbonyl (C=O) groups excluding carboxylic acids is 1. The molecule has 1 aliphatic rings. The summed E-state index contributed by atoms with van der Waals surface area (Å²) in [5.41, 5.74) is 4.60. The summed E-state index contributed by atoms with van der Waals surface area (Å²) in [7, 11) is 0. The SMILES string of the molecule is O=C(c1cccc2ccccc12)N1CCC(CCc2cnc[nH]2)c2ccccc2C1. The number of nitrogens with one attached hydrogen (secondary N) is 1. The number of rotatable bonds is 4. The molecule has 4 aromatic rings. The fourth-order valence-corrected chi connectivity index (χ4v) is 4.63. The second kappa shape index (κ2) is 8.15. The van der Waals surface area contributed by atoms with Gasteiger partial charge in [-0.2, -0.15) is 0 Å². The van der Waals surface area contributed by atoms with Gasteiger partial charge in [0.05, 0.1) is 6.33 Å². The first-order valence-electron chi connectivity index (χ1n) is 10.6. The molecule has 1 unspecified atom stereocenters. The third-order valence-corrected chi connectivity index (χ3v) is 6.23. The molecule has 150 valence electrons. The fourth-order valence-electron chi connectivity index (χ4n) is 4.63. The molecule has 1 amide bonds. The monoisotopic (exact) mass is 395 g/mol. The summed E-state index contributed by atoms with van der Waals surface area (Å²) in [6, 6.07) is 22.7. The maximum absolute atomic E-state index is 13.5. The number of aryl methyl sites for hydroxylation is 1. The average molecular weight is 396 g/mol. The summed E-state index contributed by atoms with van der Waals surface area (Å²) in [6.45, 7) is 1.43. The smallest absolute Gasteiger partial charge is 0.254 e. The average Bonchev–Trinajstić information content (AvgIpc) is 3.24. The molecule has 0 fully saturated rings. The van der Waals surface area contributed by atoms with Crippen molar-refractivity contribution in [3.8, 4) is 0 Å². The van der Waals surface area contributed by atoms with Gasteiger partial charge in [0, 0.05) is 30.5 Å². The third kappa shape index (κ3) is 3.61. The Morgan fingerprint density at radius 3 is 2.77 bits per heavy atom. The number of amides is 1. The van der Waals surface area contributed by atoms with Gasteiger partial charge in [0.25, 0.3) is 5.91 Å². The predicted molar refractivity (Wildman–Crippen MR) is 119 cm³/mol. The molecule has 4 nitrogen and oxygen atoms in total. The van der Waals surface area contributed by atoms with Crippen LogP contribution in [0.1, 0.15) is 45.9 Å². The minimum absolute atomic E-state index is 0.121. The van der Waals surface area contributed by atoms with Crippen molar-refractivity contribution >= 4 is 16.7 Å². The molecule has 3 aromatic carbocycles. The maximum Gasteiger partial charge on any atom is 0.254 e. The van der Waals surface area contributed by atoms with Crippen molar-refractivity contribution in [1.82, 2.24) is 14.9 Å². The highest BCUT2D eigenvalue weighted by atomic mass is 16.2. The molecule has 0 aliphatic carbocycles. The van der Waals surface area contributed by atoms with Crippen LogP contribution in [0.2, 0.25) is 0 Å². The van der Waals surface area contributed by atoms with Crippen LogP contribution in [0.25, 0.3) is 10.8 Å². The zero-order valence-corrected chi connectivity index (χ0v) is 16.9. The Bertz CT molecular complexity index is 1160. The van der Waals surface area contributed by atoms with Crippen molar-refractivity contribution in [1.29, 1.82) is 0 Å². The van der Waals surface area contributed by atoms with Crippen LogP contribution >= 0.6 is 0 Å². The summed E-state index contributed by atoms with van der Waals surface area (Å²) in [5.74, 6) is 0.561. The molecule has 0 spiro atoms. The van der Waals surface area contributed by atoms with E-state index in [1.54, 1.807) is 6.33 Å². The van der Waals surface area contributed by atoms with Crippen molar-refractivity contribution in [2.24, 2.45) is 0 Å². The number of H-pyrrole nitrogens is 1. The fraction of sp³-hybridized carbons (Fsp3) is 0.231. The lowest BCUT2D eigenvalue weighted by Crippen LogP contribution is -2.31. The van der Waals surface area contributed by atoms with Gasteiger partial charge in [-0.15, -0.1) is 0 Å². The lowest BCUT2D eigenvalue weighted by atomic mass is 9.88. The van der Waals surface area contributed by atoms with E-state index in [0.29, 0.717) is 12.5 Å². The molecule has 0 radical (unpaired) electrons. The first kappa shape index (κ1) is 18.6. The van der Waals surface area contributed by atoms with Crippen LogP contribution in [0, 0.1) is 0 Å². The van der Waals surface area contributed by atoms with Crippen LogP contribution in [0.4, 0.5) is 0 Å². The van der Waals surface area contributed by atoms with Crippen LogP contribution in [0.5, 0.6) is 0 Å². The van der Waals surface area contributed by atoms with E-state index in [9.17, 15) is 4.79 Å². The number of aromatic amines is 1. The number of imidazole rings is 1. The molecule has 0 saturated heterocycles. The summed E-state index contributed by atoms with van der Waals surface area (Å²) < 4.78 is 0. The van der Waals surface area contributed by atoms with Gasteiger partial charge in [0.15, 0.2) is 0 Å². The molecular weight excluding hydrogens is 370 g/mol. The molecule has 1 N–H and O–H groups in total. The van der Waals surface area contributed by atoms with Crippen molar-refractivity contribution < 1.29 is 4.79 Å². The van der Waals surface area contributed by atoms with Gasteiger partial charge in [-0.3, -0.25) is 4.79 Å². The number of aromatic nitrogens is 2. The lowest BCUT2D eigenvalue weighted by molar-refractivity contribution is 0.0745. The highest BCUT2D eigenvalue weighted by Crippen LogP contribution is 2.33. The standard InChI is InChI=1S/C26H25N3O/c30-26(25-11-5-8-19-6-1-4-10-24(19)25)29-15-14-20(12-13-22-16-27-18-28-22)23-9-3-2-7-21(23)17-29/h1-11,16,18,20H,12-15,17H2,(H,27,28). The van der Waals surface area contributed by atoms with Gasteiger partial charge in [0.2, 0.25) is 0 Å². The van der Waals surface area contributed by atoms with Gasteiger partial charge in [-0.25, -0.2) is 4.98 Å². The minimum atomic E-state index is 0.121. The Labute approximate surface area is 176 Å². The van der Waals surface area contributed by atoms with E-state index in [-0.39, 0.29) is 5.91 Å². The molecule has 0 saturated carbocycles. The minimum Gasteiger partial charge on any atom is -0.348 e. The van der Waals surface area contributed by atoms with Crippen LogP contribution in [-0.4, -0.2) is 27.3 Å². The van der Waals surface area contributed by atoms with E-state index in [0.717, 1.165) is 42.1 Å². The van der Waals surface area contributed by atoms with Gasteiger partial charge in [-0.1, -0.05) is 60.7 Å². The van der Waals surface area contributed by atoms with E-state index in [2.05, 4.69) is 46.4 Å². The molecule has 5 rings (SSSR count). The van der Waals surface area contributed by atoms with Crippen molar-refractivity contribution in [3.63, 3.8) is 0 Å². The van der Waals surface area contributed by atoms with E-state index in [4.69, 9.17) is 0 Å².